The molecular weight excluding hydrogens is 245 g/mol. The first kappa shape index (κ1) is 12.9. The van der Waals surface area contributed by atoms with Gasteiger partial charge in [0.05, 0.1) is 5.92 Å². The summed E-state index contributed by atoms with van der Waals surface area (Å²) in [6.45, 7) is 0. The molecule has 18 heavy (non-hydrogen) atoms. The van der Waals surface area contributed by atoms with Crippen LogP contribution in [0.1, 0.15) is 19.3 Å². The molecule has 1 amide bonds. The number of hydrogen-bond acceptors (Lipinski definition) is 2. The summed E-state index contributed by atoms with van der Waals surface area (Å²) in [6.07, 6.45) is 2.26. The van der Waals surface area contributed by atoms with Gasteiger partial charge in [-0.2, -0.15) is 0 Å². The van der Waals surface area contributed by atoms with Crippen LogP contribution in [-0.4, -0.2) is 11.9 Å². The van der Waals surface area contributed by atoms with Gasteiger partial charge in [-0.15, -0.1) is 0 Å². The second-order valence-corrected chi connectivity index (χ2v) is 4.44. The lowest BCUT2D eigenvalue weighted by Gasteiger charge is -2.15. The molecule has 98 valence electrons. The van der Waals surface area contributed by atoms with Crippen molar-refractivity contribution in [3.8, 4) is 0 Å². The average Bonchev–Trinajstić information content (AvgIpc) is 2.72. The van der Waals surface area contributed by atoms with E-state index in [9.17, 15) is 18.0 Å². The summed E-state index contributed by atoms with van der Waals surface area (Å²) in [6, 6.07) is 1.26. The predicted octanol–water partition coefficient (Wildman–Crippen LogP) is 2.17. The van der Waals surface area contributed by atoms with E-state index >= 15 is 0 Å². The normalized spacial score (nSPS) is 23.1. The Hall–Kier alpha value is -1.56. The molecule has 2 rings (SSSR count). The van der Waals surface area contributed by atoms with E-state index in [1.807, 2.05) is 0 Å². The highest BCUT2D eigenvalue weighted by Gasteiger charge is 2.30. The maximum atomic E-state index is 13.0. The fourth-order valence-corrected chi connectivity index (χ4v) is 2.18. The van der Waals surface area contributed by atoms with Crippen molar-refractivity contribution in [3.05, 3.63) is 29.6 Å². The Morgan fingerprint density at radius 1 is 1.22 bits per heavy atom. The lowest BCUT2D eigenvalue weighted by Crippen LogP contribution is -2.34. The first-order valence-electron chi connectivity index (χ1n) is 5.70. The summed E-state index contributed by atoms with van der Waals surface area (Å²) in [5, 5.41) is 2.36. The van der Waals surface area contributed by atoms with Gasteiger partial charge in [-0.3, -0.25) is 4.79 Å². The molecule has 0 aromatic heterocycles. The molecule has 1 saturated carbocycles. The van der Waals surface area contributed by atoms with Crippen molar-refractivity contribution in [2.24, 2.45) is 11.7 Å². The van der Waals surface area contributed by atoms with Crippen LogP contribution < -0.4 is 11.1 Å². The van der Waals surface area contributed by atoms with Crippen LogP contribution in [0.3, 0.4) is 0 Å². The van der Waals surface area contributed by atoms with Gasteiger partial charge < -0.3 is 11.1 Å². The molecule has 1 aliphatic carbocycles. The van der Waals surface area contributed by atoms with Crippen molar-refractivity contribution < 1.29 is 18.0 Å². The largest absolute Gasteiger partial charge is 0.327 e. The third-order valence-electron chi connectivity index (χ3n) is 3.16. The van der Waals surface area contributed by atoms with Gasteiger partial charge >= 0.3 is 0 Å². The van der Waals surface area contributed by atoms with E-state index < -0.39 is 17.5 Å². The Balaban J connectivity index is 2.12. The van der Waals surface area contributed by atoms with Gasteiger partial charge in [-0.25, -0.2) is 13.2 Å². The van der Waals surface area contributed by atoms with Crippen LogP contribution in [0.15, 0.2) is 12.1 Å². The number of anilines is 1. The lowest BCUT2D eigenvalue weighted by atomic mass is 10.0. The van der Waals surface area contributed by atoms with Gasteiger partial charge in [-0.1, -0.05) is 6.42 Å². The number of carbonyl (C=O) groups excluding carboxylic acids is 1. The number of benzene rings is 1. The molecule has 0 bridgehead atoms. The molecule has 2 atom stereocenters. The van der Waals surface area contributed by atoms with Crippen LogP contribution in [0.25, 0.3) is 0 Å². The molecule has 1 aliphatic rings. The highest BCUT2D eigenvalue weighted by atomic mass is 19.2. The summed E-state index contributed by atoms with van der Waals surface area (Å²) in [5.74, 6) is -4.96. The van der Waals surface area contributed by atoms with Gasteiger partial charge in [0.25, 0.3) is 0 Å². The molecule has 0 saturated heterocycles. The van der Waals surface area contributed by atoms with Crippen molar-refractivity contribution in [2.45, 2.75) is 25.3 Å². The highest BCUT2D eigenvalue weighted by molar-refractivity contribution is 5.93. The van der Waals surface area contributed by atoms with E-state index in [0.29, 0.717) is 6.42 Å². The Morgan fingerprint density at radius 2 is 1.83 bits per heavy atom. The summed E-state index contributed by atoms with van der Waals surface area (Å²) >= 11 is 0. The van der Waals surface area contributed by atoms with Crippen LogP contribution in [0.2, 0.25) is 0 Å². The van der Waals surface area contributed by atoms with Crippen molar-refractivity contribution in [2.75, 3.05) is 5.32 Å². The number of rotatable bonds is 2. The number of hydrogen-bond donors (Lipinski definition) is 2. The number of amides is 1. The molecule has 1 aromatic carbocycles. The second-order valence-electron chi connectivity index (χ2n) is 4.44. The molecule has 0 aliphatic heterocycles. The standard InChI is InChI=1S/C12H13F3N2O/c13-8-4-6(5-9(14)11(8)15)17-12(18)7-2-1-3-10(7)16/h4-5,7,10H,1-3,16H2,(H,17,18). The maximum absolute atomic E-state index is 13.0. The van der Waals surface area contributed by atoms with Gasteiger partial charge in [0, 0.05) is 23.9 Å². The Bertz CT molecular complexity index is 455. The van der Waals surface area contributed by atoms with E-state index in [0.717, 1.165) is 25.0 Å². The van der Waals surface area contributed by atoms with E-state index in [-0.39, 0.29) is 23.6 Å². The zero-order valence-electron chi connectivity index (χ0n) is 9.55. The lowest BCUT2D eigenvalue weighted by molar-refractivity contribution is -0.120. The maximum Gasteiger partial charge on any atom is 0.229 e. The van der Waals surface area contributed by atoms with E-state index in [2.05, 4.69) is 5.32 Å². The molecule has 6 heteroatoms. The van der Waals surface area contributed by atoms with Gasteiger partial charge in [0.15, 0.2) is 17.5 Å². The third kappa shape index (κ3) is 2.48. The van der Waals surface area contributed by atoms with Crippen LogP contribution in [0.5, 0.6) is 0 Å². The topological polar surface area (TPSA) is 55.1 Å². The van der Waals surface area contributed by atoms with Crippen LogP contribution in [0, 0.1) is 23.4 Å². The smallest absolute Gasteiger partial charge is 0.229 e. The Labute approximate surface area is 102 Å². The van der Waals surface area contributed by atoms with Gasteiger partial charge in [0.1, 0.15) is 0 Å². The first-order valence-corrected chi connectivity index (χ1v) is 5.70. The quantitative estimate of drug-likeness (QED) is 0.799. The minimum absolute atomic E-state index is 0.101. The van der Waals surface area contributed by atoms with Crippen LogP contribution in [-0.2, 0) is 4.79 Å². The first-order chi connectivity index (χ1) is 8.49. The molecule has 0 radical (unpaired) electrons. The summed E-state index contributed by atoms with van der Waals surface area (Å²) in [4.78, 5) is 11.8. The van der Waals surface area contributed by atoms with Crippen molar-refractivity contribution >= 4 is 11.6 Å². The van der Waals surface area contributed by atoms with Crippen LogP contribution in [0.4, 0.5) is 18.9 Å². The number of halogens is 3. The van der Waals surface area contributed by atoms with E-state index in [4.69, 9.17) is 5.73 Å². The van der Waals surface area contributed by atoms with Gasteiger partial charge in [-0.05, 0) is 12.8 Å². The zero-order chi connectivity index (χ0) is 13.3. The SMILES string of the molecule is NC1CCCC1C(=O)Nc1cc(F)c(F)c(F)c1. The average molecular weight is 258 g/mol. The fraction of sp³-hybridized carbons (Fsp3) is 0.417. The summed E-state index contributed by atoms with van der Waals surface area (Å²) in [5.41, 5.74) is 5.65. The highest BCUT2D eigenvalue weighted by Crippen LogP contribution is 2.26. The van der Waals surface area contributed by atoms with Crippen molar-refractivity contribution in [1.29, 1.82) is 0 Å². The molecule has 0 heterocycles. The number of nitrogens with two attached hydrogens (primary N) is 1. The second kappa shape index (κ2) is 4.97. The van der Waals surface area contributed by atoms with Crippen LogP contribution >= 0.6 is 0 Å². The fourth-order valence-electron chi connectivity index (χ4n) is 2.18. The molecule has 2 unspecified atom stereocenters. The van der Waals surface area contributed by atoms with E-state index in [1.165, 1.54) is 0 Å². The summed E-state index contributed by atoms with van der Waals surface area (Å²) in [7, 11) is 0. The Kier molecular flexibility index (Phi) is 3.56. The molecular formula is C12H13F3N2O. The van der Waals surface area contributed by atoms with Gasteiger partial charge in [0.2, 0.25) is 5.91 Å². The molecule has 1 fully saturated rings. The molecule has 3 nitrogen and oxygen atoms in total. The molecule has 3 N–H and O–H groups in total. The van der Waals surface area contributed by atoms with Crippen molar-refractivity contribution in [1.82, 2.24) is 0 Å². The minimum Gasteiger partial charge on any atom is -0.327 e. The third-order valence-corrected chi connectivity index (χ3v) is 3.16. The zero-order valence-corrected chi connectivity index (χ0v) is 9.55. The monoisotopic (exact) mass is 258 g/mol. The number of nitrogens with one attached hydrogen (secondary N) is 1. The van der Waals surface area contributed by atoms with E-state index in [1.54, 1.807) is 0 Å². The van der Waals surface area contributed by atoms with Crippen molar-refractivity contribution in [3.63, 3.8) is 0 Å². The summed E-state index contributed by atoms with van der Waals surface area (Å²) < 4.78 is 38.6. The molecule has 1 aromatic rings. The Morgan fingerprint density at radius 3 is 2.33 bits per heavy atom. The number of carbonyl (C=O) groups is 1. The molecule has 0 spiro atoms. The predicted molar refractivity (Wildman–Crippen MR) is 60.3 cm³/mol. The minimum atomic E-state index is -1.55.